The average molecular weight is 350 g/mol. The van der Waals surface area contributed by atoms with Crippen LogP contribution in [0.5, 0.6) is 5.75 Å². The third-order valence-corrected chi connectivity index (χ3v) is 3.66. The molecule has 1 heterocycles. The fraction of sp³-hybridized carbons (Fsp3) is 0.294. The third kappa shape index (κ3) is 3.26. The Morgan fingerprint density at radius 3 is 2.48 bits per heavy atom. The zero-order valence-electron chi connectivity index (χ0n) is 13.9. The fourth-order valence-corrected chi connectivity index (χ4v) is 2.63. The lowest BCUT2D eigenvalue weighted by Gasteiger charge is -2.27. The second-order valence-electron chi connectivity index (χ2n) is 5.13. The summed E-state index contributed by atoms with van der Waals surface area (Å²) in [5.74, 6) is -4.54. The summed E-state index contributed by atoms with van der Waals surface area (Å²) in [6.07, 6.45) is 0. The Hall–Kier alpha value is -3.08. The smallest absolute Gasteiger partial charge is 0.338 e. The van der Waals surface area contributed by atoms with Crippen molar-refractivity contribution in [2.45, 2.75) is 19.8 Å². The van der Waals surface area contributed by atoms with E-state index in [2.05, 4.69) is 4.74 Å². The first-order valence-electron chi connectivity index (χ1n) is 7.34. The maximum Gasteiger partial charge on any atom is 0.338 e. The van der Waals surface area contributed by atoms with Crippen molar-refractivity contribution in [3.8, 4) is 11.8 Å². The molecule has 1 aliphatic heterocycles. The maximum absolute atomic E-state index is 14.1. The normalized spacial score (nSPS) is 17.0. The standard InChI is InChI=1S/C17H16F2N2O4/c1-4-24-17(22)13-8(2)25-16(21)10(7-20)14(13)9-5-11(18)15(23-3)12(19)6-9/h5-6,14H,4,21H2,1-3H3. The SMILES string of the molecule is CCOC(=O)C1=C(C)OC(N)=C(C#N)C1c1cc(F)c(OC)c(F)c1. The molecule has 0 saturated carbocycles. The number of nitrogens with zero attached hydrogens (tertiary/aromatic N) is 1. The second kappa shape index (κ2) is 7.21. The van der Waals surface area contributed by atoms with E-state index in [-0.39, 0.29) is 35.0 Å². The average Bonchev–Trinajstić information content (AvgIpc) is 2.53. The molecule has 0 amide bonds. The van der Waals surface area contributed by atoms with E-state index in [0.717, 1.165) is 19.2 Å². The highest BCUT2D eigenvalue weighted by atomic mass is 19.1. The number of benzene rings is 1. The second-order valence-corrected chi connectivity index (χ2v) is 5.13. The minimum Gasteiger partial charge on any atom is -0.491 e. The minimum atomic E-state index is -1.12. The van der Waals surface area contributed by atoms with E-state index in [1.54, 1.807) is 6.92 Å². The van der Waals surface area contributed by atoms with E-state index in [1.165, 1.54) is 6.92 Å². The number of halogens is 2. The molecule has 6 nitrogen and oxygen atoms in total. The summed E-state index contributed by atoms with van der Waals surface area (Å²) in [5.41, 5.74) is 5.54. The summed E-state index contributed by atoms with van der Waals surface area (Å²) in [7, 11) is 1.13. The van der Waals surface area contributed by atoms with Crippen LogP contribution >= 0.6 is 0 Å². The highest BCUT2D eigenvalue weighted by molar-refractivity contribution is 5.92. The molecule has 2 N–H and O–H groups in total. The van der Waals surface area contributed by atoms with Crippen molar-refractivity contribution in [1.82, 2.24) is 0 Å². The number of nitriles is 1. The number of hydrogen-bond donors (Lipinski definition) is 1. The molecule has 1 atom stereocenters. The summed E-state index contributed by atoms with van der Waals surface area (Å²) in [5, 5.41) is 9.39. The molecule has 2 rings (SSSR count). The van der Waals surface area contributed by atoms with E-state index in [4.69, 9.17) is 15.2 Å². The maximum atomic E-state index is 14.1. The van der Waals surface area contributed by atoms with Gasteiger partial charge in [-0.1, -0.05) is 0 Å². The molecule has 0 radical (unpaired) electrons. The minimum absolute atomic E-state index is 0.0148. The van der Waals surface area contributed by atoms with Gasteiger partial charge in [0.25, 0.3) is 0 Å². The van der Waals surface area contributed by atoms with Crippen LogP contribution in [0.25, 0.3) is 0 Å². The molecule has 1 aromatic rings. The number of allylic oxidation sites excluding steroid dienone is 2. The van der Waals surface area contributed by atoms with Gasteiger partial charge in [-0.25, -0.2) is 13.6 Å². The number of esters is 1. The molecule has 25 heavy (non-hydrogen) atoms. The van der Waals surface area contributed by atoms with Gasteiger partial charge >= 0.3 is 5.97 Å². The van der Waals surface area contributed by atoms with Gasteiger partial charge in [0.2, 0.25) is 5.88 Å². The van der Waals surface area contributed by atoms with Gasteiger partial charge in [-0.3, -0.25) is 0 Å². The van der Waals surface area contributed by atoms with E-state index < -0.39 is 29.3 Å². The van der Waals surface area contributed by atoms with Crippen molar-refractivity contribution in [1.29, 1.82) is 5.26 Å². The lowest BCUT2D eigenvalue weighted by Crippen LogP contribution is -2.25. The van der Waals surface area contributed by atoms with Gasteiger partial charge in [-0.15, -0.1) is 0 Å². The molecule has 1 unspecified atom stereocenters. The predicted octanol–water partition coefficient (Wildman–Crippen LogP) is 2.62. The van der Waals surface area contributed by atoms with Gasteiger partial charge in [0.15, 0.2) is 17.4 Å². The fourth-order valence-electron chi connectivity index (χ4n) is 2.63. The Kier molecular flexibility index (Phi) is 5.27. The predicted molar refractivity (Wildman–Crippen MR) is 82.9 cm³/mol. The molecule has 132 valence electrons. The Labute approximate surface area is 143 Å². The largest absolute Gasteiger partial charge is 0.491 e. The zero-order valence-corrected chi connectivity index (χ0v) is 13.9. The molecule has 8 heteroatoms. The molecule has 0 fully saturated rings. The van der Waals surface area contributed by atoms with Crippen molar-refractivity contribution in [3.63, 3.8) is 0 Å². The molecule has 0 aromatic heterocycles. The van der Waals surface area contributed by atoms with Gasteiger partial charge in [0, 0.05) is 0 Å². The third-order valence-electron chi connectivity index (χ3n) is 3.66. The molecule has 0 spiro atoms. The lowest BCUT2D eigenvalue weighted by molar-refractivity contribution is -0.139. The summed E-state index contributed by atoms with van der Waals surface area (Å²) in [4.78, 5) is 12.3. The molecular formula is C17H16F2N2O4. The van der Waals surface area contributed by atoms with Gasteiger partial charge in [-0.05, 0) is 31.5 Å². The monoisotopic (exact) mass is 350 g/mol. The van der Waals surface area contributed by atoms with Crippen LogP contribution in [0.4, 0.5) is 8.78 Å². The zero-order chi connectivity index (χ0) is 18.7. The van der Waals surface area contributed by atoms with Crippen LogP contribution in [0.1, 0.15) is 25.3 Å². The van der Waals surface area contributed by atoms with Crippen molar-refractivity contribution in [3.05, 3.63) is 52.1 Å². The van der Waals surface area contributed by atoms with E-state index in [0.29, 0.717) is 0 Å². The number of ether oxygens (including phenoxy) is 3. The van der Waals surface area contributed by atoms with Crippen molar-refractivity contribution in [2.75, 3.05) is 13.7 Å². The number of hydrogen-bond acceptors (Lipinski definition) is 6. The molecule has 1 aliphatic rings. The van der Waals surface area contributed by atoms with Crippen molar-refractivity contribution in [2.24, 2.45) is 5.73 Å². The molecule has 1 aromatic carbocycles. The van der Waals surface area contributed by atoms with Crippen LogP contribution in [-0.4, -0.2) is 19.7 Å². The van der Waals surface area contributed by atoms with Gasteiger partial charge in [-0.2, -0.15) is 5.26 Å². The summed E-state index contributed by atoms with van der Waals surface area (Å²) < 4.78 is 43.1. The number of nitrogens with two attached hydrogens (primary N) is 1. The van der Waals surface area contributed by atoms with E-state index >= 15 is 0 Å². The van der Waals surface area contributed by atoms with Gasteiger partial charge in [0.05, 0.1) is 25.2 Å². The number of rotatable bonds is 4. The summed E-state index contributed by atoms with van der Waals surface area (Å²) in [6.45, 7) is 3.14. The van der Waals surface area contributed by atoms with Crippen molar-refractivity contribution >= 4 is 5.97 Å². The lowest BCUT2D eigenvalue weighted by atomic mass is 9.83. The van der Waals surface area contributed by atoms with Gasteiger partial charge < -0.3 is 19.9 Å². The van der Waals surface area contributed by atoms with Crippen LogP contribution < -0.4 is 10.5 Å². The van der Waals surface area contributed by atoms with Crippen LogP contribution in [0, 0.1) is 23.0 Å². The number of carbonyl (C=O) groups excluding carboxylic acids is 1. The highest BCUT2D eigenvalue weighted by Gasteiger charge is 2.37. The Morgan fingerprint density at radius 1 is 1.40 bits per heavy atom. The topological polar surface area (TPSA) is 94.6 Å². The van der Waals surface area contributed by atoms with Crippen LogP contribution in [-0.2, 0) is 14.3 Å². The van der Waals surface area contributed by atoms with Gasteiger partial charge in [0.1, 0.15) is 17.4 Å². The molecule has 0 saturated heterocycles. The Morgan fingerprint density at radius 2 is 2.00 bits per heavy atom. The first-order chi connectivity index (χ1) is 11.8. The quantitative estimate of drug-likeness (QED) is 0.839. The molecular weight excluding hydrogens is 334 g/mol. The summed E-state index contributed by atoms with van der Waals surface area (Å²) >= 11 is 0. The number of carbonyl (C=O) groups is 1. The van der Waals surface area contributed by atoms with Crippen LogP contribution in [0.3, 0.4) is 0 Å². The molecule has 0 aliphatic carbocycles. The van der Waals surface area contributed by atoms with Crippen molar-refractivity contribution < 1.29 is 27.8 Å². The first-order valence-corrected chi connectivity index (χ1v) is 7.34. The van der Waals surface area contributed by atoms with Crippen LogP contribution in [0.2, 0.25) is 0 Å². The Bertz CT molecular complexity index is 801. The molecule has 0 bridgehead atoms. The highest BCUT2D eigenvalue weighted by Crippen LogP contribution is 2.41. The Balaban J connectivity index is 2.69. The number of methoxy groups -OCH3 is 1. The van der Waals surface area contributed by atoms with E-state index in [1.807, 2.05) is 6.07 Å². The van der Waals surface area contributed by atoms with Crippen LogP contribution in [0.15, 0.2) is 34.9 Å². The van der Waals surface area contributed by atoms with E-state index in [9.17, 15) is 18.8 Å². The first kappa shape index (κ1) is 18.3. The summed E-state index contributed by atoms with van der Waals surface area (Å²) in [6, 6.07) is 3.79.